The molecule has 10 aromatic rings. The van der Waals surface area contributed by atoms with Crippen LogP contribution in [-0.2, 0) is 13.1 Å². The minimum absolute atomic E-state index is 0.490. The van der Waals surface area contributed by atoms with Crippen molar-refractivity contribution in [2.45, 2.75) is 40.8 Å². The summed E-state index contributed by atoms with van der Waals surface area (Å²) in [6.45, 7) is 9.28. The number of rotatable bonds is 10. The van der Waals surface area contributed by atoms with Crippen molar-refractivity contribution in [2.75, 3.05) is 10.6 Å². The van der Waals surface area contributed by atoms with E-state index >= 15 is 0 Å². The van der Waals surface area contributed by atoms with Gasteiger partial charge in [-0.25, -0.2) is 19.7 Å². The van der Waals surface area contributed by atoms with E-state index < -0.39 is 0 Å². The Morgan fingerprint density at radius 2 is 1.23 bits per heavy atom. The summed E-state index contributed by atoms with van der Waals surface area (Å²) in [4.78, 5) is 28.3. The number of nitrogens with zero attached hydrogens (tertiary/aromatic N) is 11. The minimum Gasteiger partial charge on any atom is -0.338 e. The molecule has 0 amide bonds. The van der Waals surface area contributed by atoms with Gasteiger partial charge in [0.2, 0.25) is 5.82 Å². The average Bonchev–Trinajstić information content (AvgIpc) is 4.05. The van der Waals surface area contributed by atoms with Gasteiger partial charge in [-0.3, -0.25) is 0 Å². The molecular weight excluding hydrogens is 820 g/mol. The highest BCUT2D eigenvalue weighted by molar-refractivity contribution is 6.31. The van der Waals surface area contributed by atoms with Gasteiger partial charge >= 0.3 is 5.95 Å². The van der Waals surface area contributed by atoms with Crippen molar-refractivity contribution in [1.29, 1.82) is 0 Å². The number of imidazole rings is 2. The zero-order valence-electron chi connectivity index (χ0n) is 34.3. The highest BCUT2D eigenvalue weighted by Gasteiger charge is 2.25. The monoisotopic (exact) mass is 859 g/mol. The van der Waals surface area contributed by atoms with Gasteiger partial charge in [-0.1, -0.05) is 83.9 Å². The molecule has 0 unspecified atom stereocenters. The lowest BCUT2D eigenvalue weighted by atomic mass is 10.2. The number of hydrogen-bond acceptors (Lipinski definition) is 9. The number of anilines is 4. The van der Waals surface area contributed by atoms with Crippen LogP contribution in [0.15, 0.2) is 134 Å². The first-order valence-corrected chi connectivity index (χ1v) is 20.6. The van der Waals surface area contributed by atoms with E-state index in [4.69, 9.17) is 43.1 Å². The van der Waals surface area contributed by atoms with Crippen molar-refractivity contribution in [3.8, 4) is 11.9 Å². The second-order valence-corrected chi connectivity index (χ2v) is 15.7. The molecule has 16 heteroatoms. The van der Waals surface area contributed by atoms with Crippen LogP contribution >= 0.6 is 23.2 Å². The summed E-state index contributed by atoms with van der Waals surface area (Å²) in [5.74, 6) is 2.31. The van der Waals surface area contributed by atoms with Gasteiger partial charge in [-0.05, 0) is 109 Å². The quantitative estimate of drug-likeness (QED) is 0.114. The van der Waals surface area contributed by atoms with E-state index in [1.54, 1.807) is 17.3 Å². The molecule has 0 fully saturated rings. The Kier molecular flexibility index (Phi) is 11.2. The fraction of sp³-hybridized carbons (Fsp3) is 0.130. The van der Waals surface area contributed by atoms with Gasteiger partial charge in [0.1, 0.15) is 5.69 Å². The summed E-state index contributed by atoms with van der Waals surface area (Å²) >= 11 is 12.1. The molecule has 0 radical (unpaired) electrons. The SMILES string of the molecule is Cc1cc(C)[n+](-c2nc(Nc3ccc(Cl)cc3)c3c(ncn3Cc3ccccc3)n2)[nH]1.Cc1cc(C)n(-c2nc(Nc3ccc(Cl)cc3)c3ncn(Cc4ccccc4)c3n2)n1. The largest absolute Gasteiger partial charge is 0.459 e. The van der Waals surface area contributed by atoms with Crippen molar-refractivity contribution in [1.82, 2.24) is 53.9 Å². The molecular formula is C46H41Cl2N14+. The fourth-order valence-electron chi connectivity index (χ4n) is 7.12. The van der Waals surface area contributed by atoms with E-state index in [1.807, 2.05) is 134 Å². The predicted molar refractivity (Wildman–Crippen MR) is 243 cm³/mol. The van der Waals surface area contributed by atoms with Gasteiger partial charge in [0.25, 0.3) is 11.6 Å². The number of aromatic amines is 1. The van der Waals surface area contributed by atoms with E-state index in [2.05, 4.69) is 59.6 Å². The lowest BCUT2D eigenvalue weighted by molar-refractivity contribution is -0.668. The lowest BCUT2D eigenvalue weighted by Gasteiger charge is -2.11. The van der Waals surface area contributed by atoms with Crippen molar-refractivity contribution < 1.29 is 4.68 Å². The molecule has 0 bridgehead atoms. The summed E-state index contributed by atoms with van der Waals surface area (Å²) in [7, 11) is 0. The Hall–Kier alpha value is -7.42. The van der Waals surface area contributed by atoms with Crippen LogP contribution < -0.4 is 15.3 Å². The molecule has 14 nitrogen and oxygen atoms in total. The third kappa shape index (κ3) is 8.73. The number of halogens is 2. The average molecular weight is 861 g/mol. The Bertz CT molecular complexity index is 3140. The highest BCUT2D eigenvalue weighted by Crippen LogP contribution is 2.28. The fourth-order valence-corrected chi connectivity index (χ4v) is 7.37. The molecule has 0 saturated carbocycles. The number of aryl methyl sites for hydroxylation is 4. The number of nitrogens with one attached hydrogen (secondary N) is 3. The van der Waals surface area contributed by atoms with Gasteiger partial charge in [-0.15, -0.1) is 4.68 Å². The number of aromatic nitrogens is 12. The summed E-state index contributed by atoms with van der Waals surface area (Å²) in [5, 5.41) is 16.0. The van der Waals surface area contributed by atoms with Crippen LogP contribution in [0.4, 0.5) is 23.0 Å². The Labute approximate surface area is 366 Å². The Morgan fingerprint density at radius 1 is 0.629 bits per heavy atom. The highest BCUT2D eigenvalue weighted by atomic mass is 35.5. The van der Waals surface area contributed by atoms with Crippen LogP contribution in [0.2, 0.25) is 10.0 Å². The maximum atomic E-state index is 6.06. The summed E-state index contributed by atoms with van der Waals surface area (Å²) in [5.41, 5.74) is 10.9. The normalized spacial score (nSPS) is 11.2. The molecule has 6 aromatic heterocycles. The third-order valence-corrected chi connectivity index (χ3v) is 10.5. The molecule has 0 saturated heterocycles. The Balaban J connectivity index is 0.000000158. The number of fused-ring (bicyclic) bond motifs is 2. The van der Waals surface area contributed by atoms with Gasteiger partial charge in [0, 0.05) is 39.4 Å². The molecule has 308 valence electrons. The van der Waals surface area contributed by atoms with E-state index in [1.165, 1.54) is 11.1 Å². The molecule has 0 atom stereocenters. The van der Waals surface area contributed by atoms with E-state index in [0.717, 1.165) is 45.3 Å². The first-order valence-electron chi connectivity index (χ1n) is 19.8. The van der Waals surface area contributed by atoms with E-state index in [0.29, 0.717) is 57.8 Å². The molecule has 4 aromatic carbocycles. The summed E-state index contributed by atoms with van der Waals surface area (Å²) < 4.78 is 7.69. The van der Waals surface area contributed by atoms with Crippen molar-refractivity contribution >= 4 is 68.5 Å². The second-order valence-electron chi connectivity index (χ2n) is 14.8. The van der Waals surface area contributed by atoms with E-state index in [9.17, 15) is 0 Å². The van der Waals surface area contributed by atoms with Crippen LogP contribution in [0, 0.1) is 27.7 Å². The van der Waals surface area contributed by atoms with Crippen LogP contribution in [-0.4, -0.2) is 53.9 Å². The van der Waals surface area contributed by atoms with E-state index in [-0.39, 0.29) is 0 Å². The molecule has 10 rings (SSSR count). The van der Waals surface area contributed by atoms with Crippen molar-refractivity contribution in [3.63, 3.8) is 0 Å². The van der Waals surface area contributed by atoms with Gasteiger partial charge < -0.3 is 19.8 Å². The standard InChI is InChI=1S/2C23H20ClN7/c1-15-12-16(2)31(29-15)23-27-21-20(22(28-23)26-19-10-8-18(24)9-11-19)30(14-25-21)13-17-6-4-3-5-7-17;1-15-12-16(2)31(29-15)23-27-21(26-19-10-8-18(24)9-11-19)20-22(28-23)30(14-25-20)13-17-6-4-3-5-7-17/h2*3-12,14H,13H2,1-2H3,(H,26,27,28)/p+1. The number of hydrogen-bond donors (Lipinski definition) is 3. The lowest BCUT2D eigenvalue weighted by Crippen LogP contribution is -2.38. The van der Waals surface area contributed by atoms with Crippen molar-refractivity contribution in [2.24, 2.45) is 0 Å². The molecule has 0 aliphatic carbocycles. The minimum atomic E-state index is 0.490. The topological polar surface area (TPSA) is 149 Å². The number of H-pyrrole nitrogens is 1. The van der Waals surface area contributed by atoms with Crippen LogP contribution in [0.1, 0.15) is 33.9 Å². The smallest absolute Gasteiger partial charge is 0.338 e. The first kappa shape index (κ1) is 40.0. The van der Waals surface area contributed by atoms with Crippen LogP contribution in [0.25, 0.3) is 34.2 Å². The maximum Gasteiger partial charge on any atom is 0.459 e. The molecule has 6 heterocycles. The van der Waals surface area contributed by atoms with Crippen LogP contribution in [0.3, 0.4) is 0 Å². The van der Waals surface area contributed by atoms with Gasteiger partial charge in [-0.2, -0.15) is 15.1 Å². The van der Waals surface area contributed by atoms with Crippen LogP contribution in [0.5, 0.6) is 0 Å². The third-order valence-electron chi connectivity index (χ3n) is 9.98. The second kappa shape index (κ2) is 17.3. The van der Waals surface area contributed by atoms with Gasteiger partial charge in [0.05, 0.1) is 24.9 Å². The van der Waals surface area contributed by atoms with Gasteiger partial charge in [0.15, 0.2) is 22.5 Å². The maximum absolute atomic E-state index is 6.06. The zero-order chi connectivity index (χ0) is 42.7. The van der Waals surface area contributed by atoms with Crippen molar-refractivity contribution in [3.05, 3.63) is 178 Å². The molecule has 0 spiro atoms. The summed E-state index contributed by atoms with van der Waals surface area (Å²) in [6.07, 6.45) is 3.60. The molecule has 62 heavy (non-hydrogen) atoms. The number of benzene rings is 4. The first-order chi connectivity index (χ1) is 30.1. The zero-order valence-corrected chi connectivity index (χ0v) is 35.8. The summed E-state index contributed by atoms with van der Waals surface area (Å²) in [6, 6.07) is 39.5. The predicted octanol–water partition coefficient (Wildman–Crippen LogP) is 9.57. The Morgan fingerprint density at radius 3 is 1.81 bits per heavy atom. The molecule has 0 aliphatic rings. The molecule has 3 N–H and O–H groups in total. The molecule has 0 aliphatic heterocycles.